The van der Waals surface area contributed by atoms with Crippen LogP contribution in [0.5, 0.6) is 5.75 Å². The molecule has 1 atom stereocenters. The van der Waals surface area contributed by atoms with Crippen LogP contribution >= 0.6 is 35.4 Å². The number of methoxy groups -OCH3 is 1. The minimum absolute atomic E-state index is 0.108. The molecule has 0 saturated heterocycles. The van der Waals surface area contributed by atoms with Crippen LogP contribution in [0.15, 0.2) is 47.6 Å². The highest BCUT2D eigenvalue weighted by Gasteiger charge is 2.32. The number of nitrogens with zero attached hydrogens (tertiary/aromatic N) is 2. The maximum atomic E-state index is 6.43. The lowest BCUT2D eigenvalue weighted by Gasteiger charge is -2.24. The summed E-state index contributed by atoms with van der Waals surface area (Å²) >= 11 is 18.0. The summed E-state index contributed by atoms with van der Waals surface area (Å²) in [5.74, 6) is 0.805. The number of halogens is 2. The summed E-state index contributed by atoms with van der Waals surface area (Å²) in [4.78, 5) is 0. The van der Waals surface area contributed by atoms with Crippen LogP contribution in [-0.2, 0) is 0 Å². The Balaban J connectivity index is 1.97. The van der Waals surface area contributed by atoms with Gasteiger partial charge in [-0.2, -0.15) is 5.10 Å². The molecule has 1 aliphatic rings. The number of hydrogen-bond acceptors (Lipinski definition) is 3. The molecular weight excluding hydrogens is 377 g/mol. The Morgan fingerprint density at radius 2 is 1.96 bits per heavy atom. The highest BCUT2D eigenvalue weighted by molar-refractivity contribution is 7.80. The van der Waals surface area contributed by atoms with Crippen molar-refractivity contribution < 1.29 is 4.74 Å². The molecule has 1 aliphatic heterocycles. The minimum atomic E-state index is -0.108. The van der Waals surface area contributed by atoms with Gasteiger partial charge < -0.3 is 10.1 Å². The molecule has 25 heavy (non-hydrogen) atoms. The fourth-order valence-corrected chi connectivity index (χ4v) is 3.39. The van der Waals surface area contributed by atoms with E-state index in [9.17, 15) is 0 Å². The lowest BCUT2D eigenvalue weighted by Crippen LogP contribution is -2.34. The van der Waals surface area contributed by atoms with E-state index in [0.717, 1.165) is 22.6 Å². The molecule has 3 rings (SSSR count). The molecule has 0 aliphatic carbocycles. The highest BCUT2D eigenvalue weighted by Crippen LogP contribution is 2.38. The van der Waals surface area contributed by atoms with Gasteiger partial charge in [0, 0.05) is 13.5 Å². The number of nitrogens with one attached hydrogen (secondary N) is 1. The van der Waals surface area contributed by atoms with Crippen LogP contribution in [0, 0.1) is 0 Å². The molecule has 7 heteroatoms. The van der Waals surface area contributed by atoms with Gasteiger partial charge in [-0.25, -0.2) is 5.01 Å². The van der Waals surface area contributed by atoms with E-state index in [4.69, 9.17) is 45.3 Å². The van der Waals surface area contributed by atoms with Crippen molar-refractivity contribution in [1.82, 2.24) is 10.3 Å². The van der Waals surface area contributed by atoms with Crippen LogP contribution in [0.3, 0.4) is 0 Å². The fraction of sp³-hybridized carbons (Fsp3) is 0.222. The van der Waals surface area contributed by atoms with Crippen molar-refractivity contribution in [2.24, 2.45) is 5.10 Å². The Morgan fingerprint density at radius 3 is 2.60 bits per heavy atom. The number of hydrazone groups is 1. The zero-order valence-corrected chi connectivity index (χ0v) is 16.1. The first-order valence-electron chi connectivity index (χ1n) is 7.72. The van der Waals surface area contributed by atoms with Gasteiger partial charge >= 0.3 is 0 Å². The van der Waals surface area contributed by atoms with Crippen molar-refractivity contribution in [2.75, 3.05) is 14.2 Å². The van der Waals surface area contributed by atoms with Crippen molar-refractivity contribution in [3.05, 3.63) is 63.6 Å². The quantitative estimate of drug-likeness (QED) is 0.769. The second-order valence-electron chi connectivity index (χ2n) is 5.54. The van der Waals surface area contributed by atoms with Gasteiger partial charge in [0.25, 0.3) is 0 Å². The van der Waals surface area contributed by atoms with Gasteiger partial charge in [0.1, 0.15) is 5.75 Å². The monoisotopic (exact) mass is 393 g/mol. The molecule has 1 N–H and O–H groups in total. The van der Waals surface area contributed by atoms with Crippen molar-refractivity contribution in [3.8, 4) is 5.75 Å². The Hall–Kier alpha value is -1.82. The molecule has 0 amide bonds. The van der Waals surface area contributed by atoms with Crippen LogP contribution < -0.4 is 10.1 Å². The summed E-state index contributed by atoms with van der Waals surface area (Å²) in [6.45, 7) is 0. The minimum Gasteiger partial charge on any atom is -0.497 e. The van der Waals surface area contributed by atoms with Crippen molar-refractivity contribution >= 4 is 46.2 Å². The number of thiocarbonyl (C=S) groups is 1. The van der Waals surface area contributed by atoms with Gasteiger partial charge in [0.2, 0.25) is 0 Å². The van der Waals surface area contributed by atoms with E-state index in [1.807, 2.05) is 36.4 Å². The van der Waals surface area contributed by atoms with Crippen molar-refractivity contribution in [2.45, 2.75) is 12.5 Å². The van der Waals surface area contributed by atoms with Crippen LogP contribution in [-0.4, -0.2) is 30.0 Å². The molecule has 2 aromatic rings. The molecular formula is C18H17Cl2N3OS. The van der Waals surface area contributed by atoms with Crippen molar-refractivity contribution in [1.29, 1.82) is 0 Å². The molecule has 0 spiro atoms. The third-order valence-corrected chi connectivity index (χ3v) is 5.32. The topological polar surface area (TPSA) is 36.9 Å². The predicted octanol–water partition coefficient (Wildman–Crippen LogP) is 4.66. The Kier molecular flexibility index (Phi) is 5.47. The summed E-state index contributed by atoms with van der Waals surface area (Å²) in [6, 6.07) is 13.3. The normalized spacial score (nSPS) is 16.6. The summed E-state index contributed by atoms with van der Waals surface area (Å²) in [6.07, 6.45) is 0.675. The van der Waals surface area contributed by atoms with Gasteiger partial charge in [-0.1, -0.05) is 35.3 Å². The van der Waals surface area contributed by atoms with E-state index in [0.29, 0.717) is 21.6 Å². The molecule has 0 bridgehead atoms. The van der Waals surface area contributed by atoms with Gasteiger partial charge in [0.15, 0.2) is 5.11 Å². The third kappa shape index (κ3) is 3.59. The first-order valence-corrected chi connectivity index (χ1v) is 8.88. The van der Waals surface area contributed by atoms with E-state index in [2.05, 4.69) is 5.32 Å². The first kappa shape index (κ1) is 18.0. The van der Waals surface area contributed by atoms with E-state index in [-0.39, 0.29) is 6.04 Å². The third-order valence-electron chi connectivity index (χ3n) is 4.10. The van der Waals surface area contributed by atoms with Gasteiger partial charge in [-0.05, 0) is 53.7 Å². The summed E-state index contributed by atoms with van der Waals surface area (Å²) in [5, 5.41) is 11.1. The average molecular weight is 394 g/mol. The van der Waals surface area contributed by atoms with E-state index >= 15 is 0 Å². The van der Waals surface area contributed by atoms with Crippen LogP contribution in [0.25, 0.3) is 0 Å². The lowest BCUT2D eigenvalue weighted by atomic mass is 9.98. The predicted molar refractivity (Wildman–Crippen MR) is 107 cm³/mol. The largest absolute Gasteiger partial charge is 0.497 e. The zero-order valence-electron chi connectivity index (χ0n) is 13.8. The maximum Gasteiger partial charge on any atom is 0.189 e. The lowest BCUT2D eigenvalue weighted by molar-refractivity contribution is 0.367. The first-order chi connectivity index (χ1) is 12.0. The zero-order chi connectivity index (χ0) is 18.0. The SMILES string of the molecule is CNC(=S)N1N=C(c2ccc(OC)cc2)CC1c1cccc(Cl)c1Cl. The van der Waals surface area contributed by atoms with Crippen LogP contribution in [0.2, 0.25) is 10.0 Å². The standard InChI is InChI=1S/C18H17Cl2N3OS/c1-21-18(25)23-16(13-4-3-5-14(19)17(13)20)10-15(22-23)11-6-8-12(24-2)9-7-11/h3-9,16H,10H2,1-2H3,(H,21,25). The molecule has 0 aromatic heterocycles. The smallest absolute Gasteiger partial charge is 0.189 e. The summed E-state index contributed by atoms with van der Waals surface area (Å²) in [5.41, 5.74) is 2.85. The van der Waals surface area contributed by atoms with E-state index in [1.54, 1.807) is 25.2 Å². The highest BCUT2D eigenvalue weighted by atomic mass is 35.5. The molecule has 1 heterocycles. The molecule has 1 unspecified atom stereocenters. The summed E-state index contributed by atoms with van der Waals surface area (Å²) in [7, 11) is 3.42. The fourth-order valence-electron chi connectivity index (χ4n) is 2.79. The van der Waals surface area contributed by atoms with Crippen LogP contribution in [0.4, 0.5) is 0 Å². The molecule has 0 fully saturated rings. The Bertz CT molecular complexity index is 824. The summed E-state index contributed by atoms with van der Waals surface area (Å²) < 4.78 is 5.21. The number of rotatable bonds is 3. The van der Waals surface area contributed by atoms with Gasteiger partial charge in [-0.3, -0.25) is 0 Å². The number of ether oxygens (including phenoxy) is 1. The molecule has 0 saturated carbocycles. The van der Waals surface area contributed by atoms with Gasteiger partial charge in [0.05, 0.1) is 28.9 Å². The molecule has 2 aromatic carbocycles. The van der Waals surface area contributed by atoms with Gasteiger partial charge in [-0.15, -0.1) is 0 Å². The van der Waals surface area contributed by atoms with Crippen molar-refractivity contribution in [3.63, 3.8) is 0 Å². The van der Waals surface area contributed by atoms with Crippen LogP contribution in [0.1, 0.15) is 23.6 Å². The Morgan fingerprint density at radius 1 is 1.24 bits per heavy atom. The maximum absolute atomic E-state index is 6.43. The molecule has 4 nitrogen and oxygen atoms in total. The Labute approximate surface area is 162 Å². The average Bonchev–Trinajstić information content (AvgIpc) is 3.08. The second kappa shape index (κ2) is 7.60. The molecule has 130 valence electrons. The van der Waals surface area contributed by atoms with E-state index < -0.39 is 0 Å². The molecule has 0 radical (unpaired) electrons. The van der Waals surface area contributed by atoms with E-state index in [1.165, 1.54) is 0 Å². The number of hydrogen-bond donors (Lipinski definition) is 1. The second-order valence-corrected chi connectivity index (χ2v) is 6.71. The number of benzene rings is 2.